The molecule has 0 bridgehead atoms. The summed E-state index contributed by atoms with van der Waals surface area (Å²) in [6.07, 6.45) is 0.573. The predicted octanol–water partition coefficient (Wildman–Crippen LogP) is 3.62. The van der Waals surface area contributed by atoms with E-state index in [1.54, 1.807) is 0 Å². The van der Waals surface area contributed by atoms with Gasteiger partial charge < -0.3 is 16.1 Å². The van der Waals surface area contributed by atoms with E-state index in [1.165, 1.54) is 4.68 Å². The van der Waals surface area contributed by atoms with E-state index in [2.05, 4.69) is 20.5 Å². The second kappa shape index (κ2) is 7.42. The fourth-order valence-electron chi connectivity index (χ4n) is 2.94. The molecule has 0 saturated carbocycles. The van der Waals surface area contributed by atoms with Gasteiger partial charge in [0.05, 0.1) is 11.0 Å². The fourth-order valence-corrected chi connectivity index (χ4v) is 3.22. The number of halogens is 1. The van der Waals surface area contributed by atoms with Gasteiger partial charge in [-0.15, -0.1) is 0 Å². The van der Waals surface area contributed by atoms with Gasteiger partial charge >= 0.3 is 0 Å². The topological polar surface area (TPSA) is 100 Å². The van der Waals surface area contributed by atoms with Crippen LogP contribution in [-0.4, -0.2) is 31.4 Å². The highest BCUT2D eigenvalue weighted by Gasteiger charge is 2.19. The van der Waals surface area contributed by atoms with Crippen LogP contribution in [0.25, 0.3) is 11.0 Å². The number of imidazole rings is 1. The Morgan fingerprint density at radius 3 is 2.67 bits per heavy atom. The monoisotopic (exact) mass is 399 g/mol. The molecule has 0 radical (unpaired) electrons. The van der Waals surface area contributed by atoms with Crippen LogP contribution < -0.4 is 11.2 Å². The summed E-state index contributed by atoms with van der Waals surface area (Å²) in [5.74, 6) is 7.53. The Labute approximate surface area is 165 Å². The lowest BCUT2D eigenvalue weighted by Crippen LogP contribution is -2.21. The lowest BCUT2D eigenvalue weighted by atomic mass is 10.0. The Bertz CT molecular complexity index is 1080. The van der Waals surface area contributed by atoms with Crippen molar-refractivity contribution in [3.05, 3.63) is 70.0 Å². The summed E-state index contributed by atoms with van der Waals surface area (Å²) in [6.45, 7) is 0.640. The average Bonchev–Trinajstić information content (AvgIpc) is 3.24. The van der Waals surface area contributed by atoms with Gasteiger partial charge in [-0.1, -0.05) is 23.7 Å². The Balaban J connectivity index is 1.62. The van der Waals surface area contributed by atoms with Gasteiger partial charge in [0.25, 0.3) is 0 Å². The van der Waals surface area contributed by atoms with Gasteiger partial charge in [-0.25, -0.2) is 9.66 Å². The van der Waals surface area contributed by atoms with E-state index in [0.717, 1.165) is 22.5 Å². The summed E-state index contributed by atoms with van der Waals surface area (Å²) < 4.78 is 1.78. The Kier molecular flexibility index (Phi) is 4.83. The third-order valence-electron chi connectivity index (χ3n) is 4.40. The maximum Gasteiger partial charge on any atom is 0.214 e. The second-order valence-corrected chi connectivity index (χ2v) is 7.07. The lowest BCUT2D eigenvalue weighted by Gasteiger charge is -2.16. The third-order valence-corrected chi connectivity index (χ3v) is 4.94. The Hall–Kier alpha value is -2.84. The number of para-hydroxylation sites is 2. The SMILES string of the molecule is Nn1c(CC(CNc2ccc(Cl)cc2)c2nc3ccccc3[nH]2)n[nH]c1=S. The standard InChI is InChI=1S/C18H18ClN7S/c19-12-5-7-13(8-6-12)21-10-11(9-16-24-25-18(27)26(16)20)17-22-14-3-1-2-4-15(14)23-17/h1-8,11,21H,9-10,20H2,(H,22,23)(H,25,27). The number of anilines is 1. The van der Waals surface area contributed by atoms with Crippen molar-refractivity contribution in [2.24, 2.45) is 0 Å². The van der Waals surface area contributed by atoms with Crippen molar-refractivity contribution in [1.82, 2.24) is 24.8 Å². The van der Waals surface area contributed by atoms with Crippen molar-refractivity contribution in [3.63, 3.8) is 0 Å². The van der Waals surface area contributed by atoms with Gasteiger partial charge in [-0.2, -0.15) is 5.10 Å². The number of benzene rings is 2. The van der Waals surface area contributed by atoms with Crippen LogP contribution in [0.5, 0.6) is 0 Å². The van der Waals surface area contributed by atoms with E-state index in [9.17, 15) is 0 Å². The van der Waals surface area contributed by atoms with Gasteiger partial charge in [0.2, 0.25) is 4.77 Å². The summed E-state index contributed by atoms with van der Waals surface area (Å²) >= 11 is 11.1. The molecule has 2 heterocycles. The number of fused-ring (bicyclic) bond motifs is 1. The van der Waals surface area contributed by atoms with Crippen LogP contribution >= 0.6 is 23.8 Å². The van der Waals surface area contributed by atoms with Crippen LogP contribution in [0.2, 0.25) is 5.02 Å². The predicted molar refractivity (Wildman–Crippen MR) is 110 cm³/mol. The molecular weight excluding hydrogens is 382 g/mol. The molecule has 0 amide bonds. The molecule has 4 aromatic rings. The number of rotatable bonds is 6. The van der Waals surface area contributed by atoms with Crippen molar-refractivity contribution in [2.75, 3.05) is 17.7 Å². The number of nitrogens with zero attached hydrogens (tertiary/aromatic N) is 3. The van der Waals surface area contributed by atoms with Gasteiger partial charge in [-0.3, -0.25) is 5.10 Å². The highest BCUT2D eigenvalue weighted by Crippen LogP contribution is 2.22. The van der Waals surface area contributed by atoms with E-state index in [-0.39, 0.29) is 5.92 Å². The smallest absolute Gasteiger partial charge is 0.214 e. The molecule has 1 atom stereocenters. The van der Waals surface area contributed by atoms with Crippen LogP contribution in [-0.2, 0) is 6.42 Å². The van der Waals surface area contributed by atoms with Crippen molar-refractivity contribution >= 4 is 40.5 Å². The van der Waals surface area contributed by atoms with Crippen LogP contribution in [0.4, 0.5) is 5.69 Å². The molecule has 2 aromatic carbocycles. The molecule has 2 aromatic heterocycles. The minimum absolute atomic E-state index is 0.0144. The van der Waals surface area contributed by atoms with E-state index < -0.39 is 0 Å². The summed E-state index contributed by atoms with van der Waals surface area (Å²) in [5.41, 5.74) is 2.90. The van der Waals surface area contributed by atoms with Crippen LogP contribution in [0.1, 0.15) is 17.6 Å². The normalized spacial score (nSPS) is 12.3. The van der Waals surface area contributed by atoms with Crippen molar-refractivity contribution in [2.45, 2.75) is 12.3 Å². The molecule has 27 heavy (non-hydrogen) atoms. The van der Waals surface area contributed by atoms with Crippen molar-refractivity contribution < 1.29 is 0 Å². The Morgan fingerprint density at radius 1 is 1.19 bits per heavy atom. The van der Waals surface area contributed by atoms with E-state index in [0.29, 0.717) is 28.6 Å². The zero-order chi connectivity index (χ0) is 18.8. The molecule has 1 unspecified atom stereocenters. The maximum atomic E-state index is 5.98. The number of nitrogens with one attached hydrogen (secondary N) is 3. The number of H-pyrrole nitrogens is 2. The molecule has 0 aliphatic carbocycles. The molecule has 9 heteroatoms. The van der Waals surface area contributed by atoms with Gasteiger partial charge in [0, 0.05) is 29.6 Å². The summed E-state index contributed by atoms with van der Waals surface area (Å²) in [5, 5.41) is 11.1. The minimum atomic E-state index is 0.0144. The minimum Gasteiger partial charge on any atom is -0.384 e. The van der Waals surface area contributed by atoms with Gasteiger partial charge in [0.15, 0.2) is 5.82 Å². The summed E-state index contributed by atoms with van der Waals surface area (Å²) in [6, 6.07) is 15.5. The molecule has 0 aliphatic rings. The van der Waals surface area contributed by atoms with E-state index in [1.807, 2.05) is 48.5 Å². The van der Waals surface area contributed by atoms with Crippen LogP contribution in [0, 0.1) is 4.77 Å². The zero-order valence-corrected chi connectivity index (χ0v) is 15.9. The molecular formula is C18H18ClN7S. The molecule has 7 nitrogen and oxygen atoms in total. The highest BCUT2D eigenvalue weighted by atomic mass is 35.5. The largest absolute Gasteiger partial charge is 0.384 e. The first-order valence-corrected chi connectivity index (χ1v) is 9.24. The highest BCUT2D eigenvalue weighted by molar-refractivity contribution is 7.71. The first-order chi connectivity index (χ1) is 13.1. The number of hydrogen-bond donors (Lipinski definition) is 4. The summed E-state index contributed by atoms with van der Waals surface area (Å²) in [7, 11) is 0. The first-order valence-electron chi connectivity index (χ1n) is 8.45. The van der Waals surface area contributed by atoms with Crippen molar-refractivity contribution in [3.8, 4) is 0 Å². The quantitative estimate of drug-likeness (QED) is 0.293. The molecule has 0 spiro atoms. The molecule has 4 rings (SSSR count). The van der Waals surface area contributed by atoms with Crippen LogP contribution in [0.3, 0.4) is 0 Å². The van der Waals surface area contributed by atoms with Gasteiger partial charge in [-0.05, 0) is 48.6 Å². The number of aromatic nitrogens is 5. The average molecular weight is 400 g/mol. The van der Waals surface area contributed by atoms with E-state index >= 15 is 0 Å². The number of nitrogen functional groups attached to an aromatic ring is 1. The van der Waals surface area contributed by atoms with Gasteiger partial charge in [0.1, 0.15) is 5.82 Å². The molecule has 138 valence electrons. The number of nitrogens with two attached hydrogens (primary N) is 1. The fraction of sp³-hybridized carbons (Fsp3) is 0.167. The lowest BCUT2D eigenvalue weighted by molar-refractivity contribution is 0.637. The van der Waals surface area contributed by atoms with Crippen LogP contribution in [0.15, 0.2) is 48.5 Å². The summed E-state index contributed by atoms with van der Waals surface area (Å²) in [4.78, 5) is 8.14. The molecule has 0 fully saturated rings. The zero-order valence-electron chi connectivity index (χ0n) is 14.3. The van der Waals surface area contributed by atoms with Crippen molar-refractivity contribution in [1.29, 1.82) is 0 Å². The van der Waals surface area contributed by atoms with E-state index in [4.69, 9.17) is 34.6 Å². The number of aromatic amines is 2. The number of hydrogen-bond acceptors (Lipinski definition) is 5. The Morgan fingerprint density at radius 2 is 1.96 bits per heavy atom. The molecule has 0 saturated heterocycles. The molecule has 0 aliphatic heterocycles. The third kappa shape index (κ3) is 3.81. The molecule has 5 N–H and O–H groups in total. The first kappa shape index (κ1) is 17.6. The second-order valence-electron chi connectivity index (χ2n) is 6.24. The maximum absolute atomic E-state index is 5.98.